The van der Waals surface area contributed by atoms with Gasteiger partial charge in [0.05, 0.1) is 29.7 Å². The lowest BCUT2D eigenvalue weighted by molar-refractivity contribution is -0.139. The van der Waals surface area contributed by atoms with E-state index in [1.165, 1.54) is 0 Å². The fourth-order valence-electron chi connectivity index (χ4n) is 3.16. The lowest BCUT2D eigenvalue weighted by atomic mass is 10.2. The average Bonchev–Trinajstić information content (AvgIpc) is 3.08. The summed E-state index contributed by atoms with van der Waals surface area (Å²) in [6.07, 6.45) is -4.86. The number of morpholine rings is 1. The first-order valence-corrected chi connectivity index (χ1v) is 10.7. The molecule has 0 saturated carbocycles. The van der Waals surface area contributed by atoms with E-state index in [4.69, 9.17) is 20.8 Å². The second-order valence-corrected chi connectivity index (χ2v) is 8.77. The van der Waals surface area contributed by atoms with Crippen LogP contribution in [0.3, 0.4) is 0 Å². The number of halogens is 4. The molecule has 0 amide bonds. The molecule has 1 aromatic heterocycles. The zero-order chi connectivity index (χ0) is 21.2. The molecule has 1 fully saturated rings. The van der Waals surface area contributed by atoms with Crippen LogP contribution in [-0.4, -0.2) is 46.2 Å². The molecule has 0 bridgehead atoms. The maximum atomic E-state index is 13.3. The highest BCUT2D eigenvalue weighted by atomic mass is 35.5. The first kappa shape index (κ1) is 22.1. The molecular formula is C18H20ClF3N2O4S. The highest BCUT2D eigenvalue weighted by molar-refractivity contribution is 7.89. The van der Waals surface area contributed by atoms with Crippen LogP contribution >= 0.6 is 11.6 Å². The van der Waals surface area contributed by atoms with Crippen molar-refractivity contribution in [1.29, 1.82) is 0 Å². The van der Waals surface area contributed by atoms with Gasteiger partial charge in [-0.1, -0.05) is 11.6 Å². The fraction of sp³-hybridized carbons (Fsp3) is 0.444. The van der Waals surface area contributed by atoms with Crippen molar-refractivity contribution in [3.8, 4) is 0 Å². The van der Waals surface area contributed by atoms with Gasteiger partial charge in [0.15, 0.2) is 0 Å². The van der Waals surface area contributed by atoms with E-state index >= 15 is 0 Å². The highest BCUT2D eigenvalue weighted by Crippen LogP contribution is 2.36. The minimum Gasteiger partial charge on any atom is -0.465 e. The third-order valence-electron chi connectivity index (χ3n) is 4.58. The third-order valence-corrected chi connectivity index (χ3v) is 6.30. The van der Waals surface area contributed by atoms with E-state index in [1.54, 1.807) is 19.1 Å². The van der Waals surface area contributed by atoms with E-state index in [9.17, 15) is 21.6 Å². The van der Waals surface area contributed by atoms with Crippen molar-refractivity contribution in [2.24, 2.45) is 0 Å². The van der Waals surface area contributed by atoms with E-state index < -0.39 is 32.7 Å². The summed E-state index contributed by atoms with van der Waals surface area (Å²) in [5.41, 5.74) is -1.31. The Labute approximate surface area is 171 Å². The predicted octanol–water partition coefficient (Wildman–Crippen LogP) is 3.61. The number of ether oxygens (including phenoxy) is 1. The van der Waals surface area contributed by atoms with Crippen LogP contribution in [0.1, 0.15) is 23.1 Å². The Morgan fingerprint density at radius 3 is 2.48 bits per heavy atom. The Morgan fingerprint density at radius 1 is 1.21 bits per heavy atom. The summed E-state index contributed by atoms with van der Waals surface area (Å²) < 4.78 is 78.7. The molecule has 1 N–H and O–H groups in total. The van der Waals surface area contributed by atoms with E-state index in [-0.39, 0.29) is 11.6 Å². The summed E-state index contributed by atoms with van der Waals surface area (Å²) in [5, 5.41) is -0.200. The van der Waals surface area contributed by atoms with Gasteiger partial charge in [0.2, 0.25) is 10.0 Å². The number of alkyl halides is 3. The number of furan rings is 1. The second-order valence-electron chi connectivity index (χ2n) is 6.60. The van der Waals surface area contributed by atoms with Crippen LogP contribution in [0.5, 0.6) is 0 Å². The summed E-state index contributed by atoms with van der Waals surface area (Å²) in [4.78, 5) is 1.10. The molecule has 0 unspecified atom stereocenters. The van der Waals surface area contributed by atoms with Crippen LogP contribution in [0.15, 0.2) is 39.6 Å². The summed E-state index contributed by atoms with van der Waals surface area (Å²) in [7, 11) is -4.45. The van der Waals surface area contributed by atoms with Gasteiger partial charge in [-0.15, -0.1) is 0 Å². The number of sulfonamides is 1. The van der Waals surface area contributed by atoms with Gasteiger partial charge in [0.1, 0.15) is 11.5 Å². The van der Waals surface area contributed by atoms with Gasteiger partial charge in [-0.25, -0.2) is 13.1 Å². The highest BCUT2D eigenvalue weighted by Gasteiger charge is 2.38. The first-order valence-electron chi connectivity index (χ1n) is 8.82. The summed E-state index contributed by atoms with van der Waals surface area (Å²) in [6.45, 7) is 3.63. The molecule has 29 heavy (non-hydrogen) atoms. The largest absolute Gasteiger partial charge is 0.465 e. The minimum atomic E-state index is -4.86. The van der Waals surface area contributed by atoms with Crippen LogP contribution in [-0.2, 0) is 20.9 Å². The number of nitrogens with one attached hydrogen (secondary N) is 1. The van der Waals surface area contributed by atoms with Gasteiger partial charge in [-0.2, -0.15) is 13.2 Å². The lowest BCUT2D eigenvalue weighted by Crippen LogP contribution is -2.43. The molecule has 11 heteroatoms. The van der Waals surface area contributed by atoms with Crippen molar-refractivity contribution in [3.63, 3.8) is 0 Å². The zero-order valence-corrected chi connectivity index (χ0v) is 17.1. The molecule has 1 aromatic carbocycles. The van der Waals surface area contributed by atoms with Crippen LogP contribution in [0.2, 0.25) is 5.02 Å². The van der Waals surface area contributed by atoms with Gasteiger partial charge in [0, 0.05) is 24.7 Å². The van der Waals surface area contributed by atoms with Crippen molar-refractivity contribution < 1.29 is 30.7 Å². The smallest absolute Gasteiger partial charge is 0.417 e. The van der Waals surface area contributed by atoms with Crippen molar-refractivity contribution in [1.82, 2.24) is 9.62 Å². The van der Waals surface area contributed by atoms with E-state index in [1.807, 2.05) is 4.90 Å². The molecular weight excluding hydrogens is 433 g/mol. The first-order chi connectivity index (χ1) is 13.6. The molecule has 2 aromatic rings. The molecule has 1 atom stereocenters. The summed E-state index contributed by atoms with van der Waals surface area (Å²) >= 11 is 5.64. The summed E-state index contributed by atoms with van der Waals surface area (Å²) in [5.74, 6) is 1.18. The van der Waals surface area contributed by atoms with Crippen molar-refractivity contribution in [2.75, 3.05) is 32.8 Å². The maximum Gasteiger partial charge on any atom is 0.417 e. The lowest BCUT2D eigenvalue weighted by Gasteiger charge is -2.33. The van der Waals surface area contributed by atoms with Gasteiger partial charge >= 0.3 is 6.18 Å². The number of rotatable bonds is 6. The molecule has 2 heterocycles. The molecule has 1 aliphatic rings. The van der Waals surface area contributed by atoms with E-state index in [0.717, 1.165) is 12.1 Å². The van der Waals surface area contributed by atoms with Crippen molar-refractivity contribution in [2.45, 2.75) is 24.0 Å². The molecule has 0 aliphatic carbocycles. The normalized spacial score (nSPS) is 17.4. The Morgan fingerprint density at radius 2 is 1.90 bits per heavy atom. The molecule has 1 saturated heterocycles. The fourth-order valence-corrected chi connectivity index (χ4v) is 4.57. The van der Waals surface area contributed by atoms with Gasteiger partial charge in [-0.05, 0) is 37.3 Å². The van der Waals surface area contributed by atoms with E-state index in [2.05, 4.69) is 4.72 Å². The number of hydrogen-bond acceptors (Lipinski definition) is 5. The van der Waals surface area contributed by atoms with Gasteiger partial charge in [-0.3, -0.25) is 4.90 Å². The third kappa shape index (κ3) is 5.32. The Bertz CT molecular complexity index is 956. The second kappa shape index (κ2) is 8.65. The molecule has 0 radical (unpaired) electrons. The predicted molar refractivity (Wildman–Crippen MR) is 100 cm³/mol. The topological polar surface area (TPSA) is 71.8 Å². The van der Waals surface area contributed by atoms with Gasteiger partial charge in [0.25, 0.3) is 0 Å². The number of benzene rings is 1. The van der Waals surface area contributed by atoms with Crippen LogP contribution < -0.4 is 4.72 Å². The SMILES string of the molecule is Cc1ccc([C@H](CNS(=O)(=O)c2ccc(Cl)cc2C(F)(F)F)N2CCOCC2)o1. The molecule has 160 valence electrons. The minimum absolute atomic E-state index is 0.158. The summed E-state index contributed by atoms with van der Waals surface area (Å²) in [6, 6.07) is 5.57. The number of hydrogen-bond donors (Lipinski definition) is 1. The molecule has 6 nitrogen and oxygen atoms in total. The Kier molecular flexibility index (Phi) is 6.59. The molecule has 0 spiro atoms. The monoisotopic (exact) mass is 452 g/mol. The Hall–Kier alpha value is -1.59. The quantitative estimate of drug-likeness (QED) is 0.725. The van der Waals surface area contributed by atoms with Crippen LogP contribution in [0.25, 0.3) is 0 Å². The molecule has 1 aliphatic heterocycles. The number of aryl methyl sites for hydroxylation is 1. The van der Waals surface area contributed by atoms with Crippen molar-refractivity contribution in [3.05, 3.63) is 52.4 Å². The van der Waals surface area contributed by atoms with Crippen LogP contribution in [0.4, 0.5) is 13.2 Å². The molecule has 3 rings (SSSR count). The number of nitrogens with zero attached hydrogens (tertiary/aromatic N) is 1. The average molecular weight is 453 g/mol. The zero-order valence-electron chi connectivity index (χ0n) is 15.5. The van der Waals surface area contributed by atoms with Crippen LogP contribution in [0, 0.1) is 6.92 Å². The Balaban J connectivity index is 1.87. The standard InChI is InChI=1S/C18H20ClF3N2O4S/c1-12-2-4-16(28-12)15(24-6-8-27-9-7-24)11-23-29(25,26)17-5-3-13(19)10-14(17)18(20,21)22/h2-5,10,15,23H,6-9,11H2,1H3/t15-/m0/s1. The van der Waals surface area contributed by atoms with Crippen molar-refractivity contribution >= 4 is 21.6 Å². The van der Waals surface area contributed by atoms with Gasteiger partial charge < -0.3 is 9.15 Å². The maximum absolute atomic E-state index is 13.3. The van der Waals surface area contributed by atoms with E-state index in [0.29, 0.717) is 43.9 Å².